The second-order valence-corrected chi connectivity index (χ2v) is 6.85. The van der Waals surface area contributed by atoms with E-state index in [1.54, 1.807) is 0 Å². The van der Waals surface area contributed by atoms with Gasteiger partial charge in [-0.3, -0.25) is 0 Å². The Kier molecular flexibility index (Phi) is 2.84. The van der Waals surface area contributed by atoms with Crippen LogP contribution in [-0.4, -0.2) is 0 Å². The van der Waals surface area contributed by atoms with E-state index in [0.717, 1.165) is 0 Å². The number of benzene rings is 1. The largest absolute Gasteiger partial charge is 0.144 e. The smallest absolute Gasteiger partial charge is 0.0542 e. The Labute approximate surface area is 108 Å². The van der Waals surface area contributed by atoms with Crippen LogP contribution in [0.5, 0.6) is 0 Å². The Morgan fingerprint density at radius 1 is 0.938 bits per heavy atom. The van der Waals surface area contributed by atoms with Crippen molar-refractivity contribution in [3.05, 3.63) is 50.9 Å². The van der Waals surface area contributed by atoms with E-state index in [1.165, 1.54) is 24.5 Å². The quantitative estimate of drug-likeness (QED) is 0.681. The molecule has 0 amide bonds. The van der Waals surface area contributed by atoms with Crippen molar-refractivity contribution in [2.45, 2.75) is 16.7 Å². The summed E-state index contributed by atoms with van der Waals surface area (Å²) in [6, 6.07) is 12.9. The molecule has 0 unspecified atom stereocenters. The maximum atomic E-state index is 2.22. The van der Waals surface area contributed by atoms with E-state index in [1.807, 2.05) is 34.9 Å². The lowest BCUT2D eigenvalue weighted by molar-refractivity contribution is 1.27. The minimum Gasteiger partial charge on any atom is -0.144 e. The highest BCUT2D eigenvalue weighted by molar-refractivity contribution is 8.25. The van der Waals surface area contributed by atoms with Crippen LogP contribution in [0.2, 0.25) is 0 Å². The molecule has 0 N–H and O–H groups in total. The Hall–Kier alpha value is -0.640. The second-order valence-electron chi connectivity index (χ2n) is 3.54. The molecule has 1 aliphatic rings. The standard InChI is InChI=1S/C13H10S3/c1-9(10-7-4-8-14-10)13-15-11-5-2-3-6-12(11)16-13/h2-8H,1H3. The molecule has 1 aromatic heterocycles. The lowest BCUT2D eigenvalue weighted by atomic mass is 10.3. The summed E-state index contributed by atoms with van der Waals surface area (Å²) in [4.78, 5) is 4.15. The van der Waals surface area contributed by atoms with Gasteiger partial charge in [0.1, 0.15) is 0 Å². The zero-order valence-corrected chi connectivity index (χ0v) is 11.2. The first kappa shape index (κ1) is 10.5. The van der Waals surface area contributed by atoms with Crippen molar-refractivity contribution in [2.75, 3.05) is 0 Å². The summed E-state index contributed by atoms with van der Waals surface area (Å²) in [7, 11) is 0. The molecule has 0 spiro atoms. The van der Waals surface area contributed by atoms with Crippen LogP contribution in [0.25, 0.3) is 5.57 Å². The van der Waals surface area contributed by atoms with Crippen LogP contribution < -0.4 is 0 Å². The van der Waals surface area contributed by atoms with Gasteiger partial charge in [0.2, 0.25) is 0 Å². The van der Waals surface area contributed by atoms with Gasteiger partial charge in [-0.05, 0) is 36.1 Å². The normalized spacial score (nSPS) is 13.9. The Morgan fingerprint density at radius 2 is 1.62 bits per heavy atom. The van der Waals surface area contributed by atoms with Crippen LogP contribution >= 0.6 is 34.9 Å². The molecule has 0 saturated carbocycles. The lowest BCUT2D eigenvalue weighted by Crippen LogP contribution is -1.73. The van der Waals surface area contributed by atoms with Gasteiger partial charge in [0, 0.05) is 14.7 Å². The molecule has 0 bridgehead atoms. The van der Waals surface area contributed by atoms with E-state index in [9.17, 15) is 0 Å². The molecule has 1 aliphatic heterocycles. The summed E-state index contributed by atoms with van der Waals surface area (Å²) in [5.74, 6) is 0. The molecule has 0 atom stereocenters. The molecule has 0 nitrogen and oxygen atoms in total. The summed E-state index contributed by atoms with van der Waals surface area (Å²) in [5.41, 5.74) is 1.40. The van der Waals surface area contributed by atoms with E-state index in [2.05, 4.69) is 48.7 Å². The summed E-state index contributed by atoms with van der Waals surface area (Å²) >= 11 is 5.60. The number of hydrogen-bond acceptors (Lipinski definition) is 3. The van der Waals surface area contributed by atoms with Gasteiger partial charge >= 0.3 is 0 Å². The molecule has 1 aromatic carbocycles. The number of rotatable bonds is 1. The van der Waals surface area contributed by atoms with Crippen molar-refractivity contribution in [3.8, 4) is 0 Å². The van der Waals surface area contributed by atoms with E-state index < -0.39 is 0 Å². The highest BCUT2D eigenvalue weighted by atomic mass is 32.2. The van der Waals surface area contributed by atoms with Crippen molar-refractivity contribution in [2.24, 2.45) is 0 Å². The first-order chi connectivity index (χ1) is 7.84. The molecule has 80 valence electrons. The minimum absolute atomic E-state index is 1.38. The number of thiophene rings is 1. The van der Waals surface area contributed by atoms with Gasteiger partial charge in [-0.15, -0.1) is 11.3 Å². The van der Waals surface area contributed by atoms with Crippen LogP contribution in [0.15, 0.2) is 55.8 Å². The summed E-state index contributed by atoms with van der Waals surface area (Å²) in [6.07, 6.45) is 0. The van der Waals surface area contributed by atoms with E-state index in [4.69, 9.17) is 0 Å². The number of thioether (sulfide) groups is 2. The fourth-order valence-electron chi connectivity index (χ4n) is 1.58. The lowest BCUT2D eigenvalue weighted by Gasteiger charge is -2.00. The van der Waals surface area contributed by atoms with Gasteiger partial charge in [-0.1, -0.05) is 41.7 Å². The molecule has 16 heavy (non-hydrogen) atoms. The highest BCUT2D eigenvalue weighted by Gasteiger charge is 2.19. The third kappa shape index (κ3) is 1.83. The Morgan fingerprint density at radius 3 is 2.19 bits per heavy atom. The number of fused-ring (bicyclic) bond motifs is 1. The third-order valence-corrected chi connectivity index (χ3v) is 6.21. The van der Waals surface area contributed by atoms with Crippen LogP contribution in [0.4, 0.5) is 0 Å². The zero-order valence-electron chi connectivity index (χ0n) is 8.77. The van der Waals surface area contributed by atoms with Gasteiger partial charge in [-0.2, -0.15) is 0 Å². The van der Waals surface area contributed by atoms with Crippen molar-refractivity contribution < 1.29 is 0 Å². The van der Waals surface area contributed by atoms with E-state index in [0.29, 0.717) is 0 Å². The molecule has 0 radical (unpaired) electrons. The van der Waals surface area contributed by atoms with Gasteiger partial charge in [0.05, 0.1) is 4.24 Å². The molecular weight excluding hydrogens is 252 g/mol. The number of allylic oxidation sites excluding steroid dienone is 1. The first-order valence-electron chi connectivity index (χ1n) is 5.04. The average Bonchev–Trinajstić information content (AvgIpc) is 2.97. The molecule has 2 aromatic rings. The molecule has 0 aliphatic carbocycles. The third-order valence-electron chi connectivity index (χ3n) is 2.45. The topological polar surface area (TPSA) is 0 Å². The van der Waals surface area contributed by atoms with E-state index >= 15 is 0 Å². The predicted octanol–water partition coefficient (Wildman–Crippen LogP) is 5.33. The summed E-state index contributed by atoms with van der Waals surface area (Å²) in [5, 5.41) is 2.14. The zero-order chi connectivity index (χ0) is 11.0. The van der Waals surface area contributed by atoms with Gasteiger partial charge in [-0.25, -0.2) is 0 Å². The Balaban J connectivity index is 1.99. The predicted molar refractivity (Wildman–Crippen MR) is 75.1 cm³/mol. The molecule has 0 fully saturated rings. The molecule has 3 rings (SSSR count). The first-order valence-corrected chi connectivity index (χ1v) is 7.55. The highest BCUT2D eigenvalue weighted by Crippen LogP contribution is 2.53. The van der Waals surface area contributed by atoms with Gasteiger partial charge < -0.3 is 0 Å². The second kappa shape index (κ2) is 4.32. The maximum absolute atomic E-state index is 2.22. The van der Waals surface area contributed by atoms with Crippen LogP contribution in [0.3, 0.4) is 0 Å². The van der Waals surface area contributed by atoms with Crippen LogP contribution in [0.1, 0.15) is 11.8 Å². The minimum atomic E-state index is 1.38. The van der Waals surface area contributed by atoms with Crippen molar-refractivity contribution in [1.82, 2.24) is 0 Å². The molecule has 0 saturated heterocycles. The molecular formula is C13H10S3. The fraction of sp³-hybridized carbons (Fsp3) is 0.0769. The maximum Gasteiger partial charge on any atom is 0.0542 e. The summed E-state index contributed by atoms with van der Waals surface area (Å²) in [6.45, 7) is 2.22. The van der Waals surface area contributed by atoms with Gasteiger partial charge in [0.15, 0.2) is 0 Å². The SMILES string of the molecule is CC(=C1Sc2ccccc2S1)c1cccs1. The summed E-state index contributed by atoms with van der Waals surface area (Å²) < 4.78 is 1.42. The Bertz CT molecular complexity index is 511. The average molecular weight is 262 g/mol. The van der Waals surface area contributed by atoms with Crippen LogP contribution in [-0.2, 0) is 0 Å². The number of hydrogen-bond donors (Lipinski definition) is 0. The molecule has 2 heterocycles. The molecule has 3 heteroatoms. The fourth-order valence-corrected chi connectivity index (χ4v) is 4.97. The van der Waals surface area contributed by atoms with Crippen molar-refractivity contribution in [3.63, 3.8) is 0 Å². The van der Waals surface area contributed by atoms with Crippen molar-refractivity contribution in [1.29, 1.82) is 0 Å². The van der Waals surface area contributed by atoms with E-state index in [-0.39, 0.29) is 0 Å². The van der Waals surface area contributed by atoms with Crippen LogP contribution in [0, 0.1) is 0 Å². The van der Waals surface area contributed by atoms with Gasteiger partial charge in [0.25, 0.3) is 0 Å². The monoisotopic (exact) mass is 262 g/mol. The van der Waals surface area contributed by atoms with Crippen molar-refractivity contribution >= 4 is 40.4 Å².